The minimum Gasteiger partial charge on any atom is -0.392 e. The quantitative estimate of drug-likeness (QED) is 0.0995. The average molecular weight is 631 g/mol. The summed E-state index contributed by atoms with van der Waals surface area (Å²) in [5.41, 5.74) is 13.3. The van der Waals surface area contributed by atoms with E-state index in [2.05, 4.69) is 118 Å². The molecule has 0 amide bonds. The molecule has 1 heteroatoms. The van der Waals surface area contributed by atoms with Crippen molar-refractivity contribution in [1.29, 1.82) is 0 Å². The third kappa shape index (κ3) is 29.1. The van der Waals surface area contributed by atoms with Crippen molar-refractivity contribution in [3.8, 4) is 0 Å². The Labute approximate surface area is 287 Å². The van der Waals surface area contributed by atoms with Crippen molar-refractivity contribution in [2.45, 2.75) is 172 Å². The molecule has 0 aromatic heterocycles. The van der Waals surface area contributed by atoms with Crippen LogP contribution in [0.4, 0.5) is 0 Å². The van der Waals surface area contributed by atoms with E-state index in [1.54, 1.807) is 0 Å². The Balaban J connectivity index is 4.21. The smallest absolute Gasteiger partial charge is 0.0614 e. The van der Waals surface area contributed by atoms with Crippen LogP contribution in [-0.2, 0) is 0 Å². The van der Waals surface area contributed by atoms with Gasteiger partial charge in [0.05, 0.1) is 6.61 Å². The highest BCUT2D eigenvalue weighted by molar-refractivity contribution is 5.10. The molecule has 46 heavy (non-hydrogen) atoms. The molecule has 0 aliphatic carbocycles. The van der Waals surface area contributed by atoms with Crippen molar-refractivity contribution in [3.05, 3.63) is 105 Å². The Morgan fingerprint density at radius 3 is 0.630 bits per heavy atom. The van der Waals surface area contributed by atoms with Crippen molar-refractivity contribution in [2.24, 2.45) is 0 Å². The van der Waals surface area contributed by atoms with Crippen LogP contribution in [0.2, 0.25) is 0 Å². The first-order valence-corrected chi connectivity index (χ1v) is 18.4. The molecular weight excluding hydrogens is 556 g/mol. The molecule has 1 N–H and O–H groups in total. The lowest BCUT2D eigenvalue weighted by Gasteiger charge is -2.04. The highest BCUT2D eigenvalue weighted by atomic mass is 16.2. The van der Waals surface area contributed by atoms with Crippen molar-refractivity contribution >= 4 is 0 Å². The fourth-order valence-electron chi connectivity index (χ4n) is 5.38. The number of aliphatic hydroxyl groups excluding tert-OH is 1. The first kappa shape index (κ1) is 43.6. The zero-order valence-electron chi connectivity index (χ0n) is 32.2. The van der Waals surface area contributed by atoms with Gasteiger partial charge in [-0.05, 0) is 172 Å². The highest BCUT2D eigenvalue weighted by Gasteiger charge is 1.97. The summed E-state index contributed by atoms with van der Waals surface area (Å²) in [4.78, 5) is 0. The van der Waals surface area contributed by atoms with Gasteiger partial charge >= 0.3 is 0 Å². The van der Waals surface area contributed by atoms with Gasteiger partial charge in [-0.2, -0.15) is 0 Å². The van der Waals surface area contributed by atoms with E-state index in [9.17, 15) is 0 Å². The van der Waals surface area contributed by atoms with Gasteiger partial charge < -0.3 is 5.11 Å². The van der Waals surface area contributed by atoms with E-state index >= 15 is 0 Å². The number of aliphatic hydroxyl groups is 1. The summed E-state index contributed by atoms with van der Waals surface area (Å²) < 4.78 is 0. The predicted molar refractivity (Wildman–Crippen MR) is 210 cm³/mol. The number of hydrogen-bond acceptors (Lipinski definition) is 1. The van der Waals surface area contributed by atoms with E-state index in [4.69, 9.17) is 5.11 Å². The summed E-state index contributed by atoms with van der Waals surface area (Å²) >= 11 is 0. The van der Waals surface area contributed by atoms with E-state index < -0.39 is 0 Å². The Bertz CT molecular complexity index is 1100. The molecule has 0 saturated carbocycles. The van der Waals surface area contributed by atoms with Gasteiger partial charge in [-0.15, -0.1) is 0 Å². The second-order valence-corrected chi connectivity index (χ2v) is 14.2. The first-order valence-electron chi connectivity index (χ1n) is 18.4. The van der Waals surface area contributed by atoms with Crippen molar-refractivity contribution < 1.29 is 5.11 Å². The Kier molecular flexibility index (Phi) is 27.3. The monoisotopic (exact) mass is 631 g/mol. The second kappa shape index (κ2) is 28.8. The van der Waals surface area contributed by atoms with E-state index in [0.29, 0.717) is 0 Å². The van der Waals surface area contributed by atoms with Crippen LogP contribution >= 0.6 is 0 Å². The molecule has 0 saturated heterocycles. The minimum absolute atomic E-state index is 0.150. The second-order valence-electron chi connectivity index (χ2n) is 14.2. The zero-order valence-corrected chi connectivity index (χ0v) is 32.2. The van der Waals surface area contributed by atoms with E-state index in [0.717, 1.165) is 57.8 Å². The van der Waals surface area contributed by atoms with E-state index in [-0.39, 0.29) is 6.61 Å². The summed E-state index contributed by atoms with van der Waals surface area (Å²) in [7, 11) is 0. The number of hydrogen-bond donors (Lipinski definition) is 1. The molecule has 0 fully saturated rings. The molecule has 0 unspecified atom stereocenters. The highest BCUT2D eigenvalue weighted by Crippen LogP contribution is 2.17. The van der Waals surface area contributed by atoms with Gasteiger partial charge in [0.25, 0.3) is 0 Å². The SMILES string of the molecule is CC(C)=CCC/C(C)=C\CC/C(C)=C\CC/C(C)=C\CC/C(C)=C\CC/C(C)=C\CC/C(C)=C\CC/C(C)=C\CC/C(C)=C\CO. The summed E-state index contributed by atoms with van der Waals surface area (Å²) in [6.45, 7) is 22.6. The van der Waals surface area contributed by atoms with Crippen molar-refractivity contribution in [2.75, 3.05) is 6.61 Å². The van der Waals surface area contributed by atoms with E-state index in [1.807, 2.05) is 6.08 Å². The van der Waals surface area contributed by atoms with Crippen LogP contribution in [0.15, 0.2) is 105 Å². The number of allylic oxidation sites excluding steroid dienone is 17. The molecule has 0 aliphatic heterocycles. The molecule has 0 spiro atoms. The molecule has 0 atom stereocenters. The normalized spacial score (nSPS) is 14.8. The topological polar surface area (TPSA) is 20.2 Å². The zero-order chi connectivity index (χ0) is 34.6. The summed E-state index contributed by atoms with van der Waals surface area (Å²) in [5, 5.41) is 8.96. The van der Waals surface area contributed by atoms with Crippen LogP contribution in [0.1, 0.15) is 172 Å². The number of rotatable bonds is 25. The van der Waals surface area contributed by atoms with Gasteiger partial charge in [-0.25, -0.2) is 0 Å². The fraction of sp³-hybridized carbons (Fsp3) is 0.600. The molecular formula is C45H74O. The van der Waals surface area contributed by atoms with Crippen LogP contribution in [0, 0.1) is 0 Å². The third-order valence-electron chi connectivity index (χ3n) is 8.75. The van der Waals surface area contributed by atoms with Gasteiger partial charge in [0.1, 0.15) is 0 Å². The third-order valence-corrected chi connectivity index (χ3v) is 8.75. The van der Waals surface area contributed by atoms with Crippen LogP contribution < -0.4 is 0 Å². The molecule has 0 aliphatic rings. The van der Waals surface area contributed by atoms with Gasteiger partial charge in [-0.1, -0.05) is 105 Å². The van der Waals surface area contributed by atoms with Crippen molar-refractivity contribution in [1.82, 2.24) is 0 Å². The molecule has 260 valence electrons. The molecule has 0 heterocycles. The van der Waals surface area contributed by atoms with E-state index in [1.165, 1.54) is 95.1 Å². The van der Waals surface area contributed by atoms with Crippen molar-refractivity contribution in [3.63, 3.8) is 0 Å². The summed E-state index contributed by atoms with van der Waals surface area (Å²) in [6.07, 6.45) is 39.7. The molecule has 0 aromatic carbocycles. The van der Waals surface area contributed by atoms with Crippen LogP contribution in [0.3, 0.4) is 0 Å². The fourth-order valence-corrected chi connectivity index (χ4v) is 5.38. The van der Waals surface area contributed by atoms with Gasteiger partial charge in [-0.3, -0.25) is 0 Å². The maximum absolute atomic E-state index is 8.96. The molecule has 0 radical (unpaired) electrons. The average Bonchev–Trinajstić information content (AvgIpc) is 2.97. The Morgan fingerprint density at radius 2 is 0.457 bits per heavy atom. The van der Waals surface area contributed by atoms with Gasteiger partial charge in [0.2, 0.25) is 0 Å². The largest absolute Gasteiger partial charge is 0.392 e. The lowest BCUT2D eigenvalue weighted by molar-refractivity contribution is 0.341. The molecule has 0 bridgehead atoms. The van der Waals surface area contributed by atoms with Crippen LogP contribution in [0.25, 0.3) is 0 Å². The lowest BCUT2D eigenvalue weighted by Crippen LogP contribution is -1.84. The maximum Gasteiger partial charge on any atom is 0.0614 e. The minimum atomic E-state index is 0.150. The lowest BCUT2D eigenvalue weighted by atomic mass is 10.0. The van der Waals surface area contributed by atoms with Gasteiger partial charge in [0.15, 0.2) is 0 Å². The standard InChI is InChI=1S/C45H74O/c1-37(2)19-11-20-38(3)21-12-22-39(4)23-13-24-40(5)25-14-26-41(6)27-15-28-42(7)29-16-30-43(8)31-17-32-44(9)33-18-34-45(10)35-36-46/h19,21,23,25,27,29,31,33,35,46H,11-18,20,22,24,26,28,30,32,34,36H2,1-10H3/b38-21-,39-23-,40-25-,41-27-,42-29-,43-31-,44-33-,45-35-. The summed E-state index contributed by atoms with van der Waals surface area (Å²) in [5.74, 6) is 0. The molecule has 0 aromatic rings. The predicted octanol–water partition coefficient (Wildman–Crippen LogP) is 14.8. The molecule has 1 nitrogen and oxygen atoms in total. The first-order chi connectivity index (χ1) is 21.9. The molecule has 0 rings (SSSR count). The van der Waals surface area contributed by atoms with Crippen LogP contribution in [0.5, 0.6) is 0 Å². The summed E-state index contributed by atoms with van der Waals surface area (Å²) in [6, 6.07) is 0. The van der Waals surface area contributed by atoms with Crippen LogP contribution in [-0.4, -0.2) is 11.7 Å². The Hall–Kier alpha value is -2.38. The Morgan fingerprint density at radius 1 is 0.283 bits per heavy atom. The van der Waals surface area contributed by atoms with Gasteiger partial charge in [0, 0.05) is 0 Å². The maximum atomic E-state index is 8.96.